The molecular weight excluding hydrogens is 261 g/mol. The Balaban J connectivity index is 2.52. The van der Waals surface area contributed by atoms with Gasteiger partial charge in [0, 0.05) is 6.54 Å². The second-order valence-corrected chi connectivity index (χ2v) is 5.16. The summed E-state index contributed by atoms with van der Waals surface area (Å²) in [5, 5.41) is 11.6. The van der Waals surface area contributed by atoms with E-state index in [2.05, 4.69) is 19.2 Å². The molecule has 2 N–H and O–H groups in total. The summed E-state index contributed by atoms with van der Waals surface area (Å²) in [6, 6.07) is 4.17. The van der Waals surface area contributed by atoms with Gasteiger partial charge in [-0.05, 0) is 37.0 Å². The number of carbonyl (C=O) groups excluding carboxylic acids is 1. The third-order valence-electron chi connectivity index (χ3n) is 2.87. The fourth-order valence-corrected chi connectivity index (χ4v) is 1.61. The van der Waals surface area contributed by atoms with Gasteiger partial charge in [0.05, 0.1) is 6.61 Å². The van der Waals surface area contributed by atoms with Gasteiger partial charge in [0.1, 0.15) is 0 Å². The van der Waals surface area contributed by atoms with Gasteiger partial charge >= 0.3 is 0 Å². The van der Waals surface area contributed by atoms with Crippen LogP contribution in [0.15, 0.2) is 18.2 Å². The first kappa shape index (κ1) is 16.4. The van der Waals surface area contributed by atoms with Crippen LogP contribution in [-0.2, 0) is 11.4 Å². The van der Waals surface area contributed by atoms with Crippen LogP contribution in [-0.4, -0.2) is 23.7 Å². The van der Waals surface area contributed by atoms with Gasteiger partial charge in [-0.2, -0.15) is 0 Å². The lowest BCUT2D eigenvalue weighted by molar-refractivity contribution is -0.127. The Kier molecular flexibility index (Phi) is 6.45. The predicted octanol–water partition coefficient (Wildman–Crippen LogP) is 2.25. The van der Waals surface area contributed by atoms with E-state index in [-0.39, 0.29) is 18.3 Å². The maximum Gasteiger partial charge on any atom is 0.260 e. The lowest BCUT2D eigenvalue weighted by atomic mass is 10.1. The maximum atomic E-state index is 13.7. The van der Waals surface area contributed by atoms with Gasteiger partial charge in [-0.1, -0.05) is 19.9 Å². The van der Waals surface area contributed by atoms with Crippen molar-refractivity contribution in [3.63, 3.8) is 0 Å². The Morgan fingerprint density at radius 2 is 2.10 bits per heavy atom. The molecule has 1 aromatic rings. The molecule has 1 aromatic carbocycles. The fourth-order valence-electron chi connectivity index (χ4n) is 1.61. The van der Waals surface area contributed by atoms with Crippen LogP contribution in [0.4, 0.5) is 4.39 Å². The highest BCUT2D eigenvalue weighted by atomic mass is 19.1. The number of nitrogens with one attached hydrogen (secondary N) is 1. The molecule has 0 heterocycles. The van der Waals surface area contributed by atoms with Crippen molar-refractivity contribution in [2.45, 2.75) is 39.9 Å². The van der Waals surface area contributed by atoms with Crippen molar-refractivity contribution in [2.75, 3.05) is 6.54 Å². The van der Waals surface area contributed by atoms with E-state index in [9.17, 15) is 9.18 Å². The van der Waals surface area contributed by atoms with E-state index in [1.807, 2.05) is 0 Å². The predicted molar refractivity (Wildman–Crippen MR) is 74.9 cm³/mol. The average molecular weight is 283 g/mol. The summed E-state index contributed by atoms with van der Waals surface area (Å²) in [6.45, 7) is 6.07. The molecule has 0 spiro atoms. The molecule has 0 aliphatic heterocycles. The first-order valence-corrected chi connectivity index (χ1v) is 6.77. The number of amides is 1. The first-order chi connectivity index (χ1) is 9.43. The quantitative estimate of drug-likeness (QED) is 0.807. The second-order valence-electron chi connectivity index (χ2n) is 5.16. The SMILES string of the molecule is CC(C)CCNC(=O)C(C)Oc1ccc(CO)cc1F. The zero-order chi connectivity index (χ0) is 15.1. The van der Waals surface area contributed by atoms with E-state index in [0.717, 1.165) is 6.42 Å². The molecule has 112 valence electrons. The number of ether oxygens (including phenoxy) is 1. The number of rotatable bonds is 7. The number of aliphatic hydroxyl groups is 1. The molecule has 0 saturated carbocycles. The summed E-state index contributed by atoms with van der Waals surface area (Å²) in [5.41, 5.74) is 0.462. The van der Waals surface area contributed by atoms with E-state index in [1.54, 1.807) is 13.0 Å². The van der Waals surface area contributed by atoms with Crippen molar-refractivity contribution in [1.82, 2.24) is 5.32 Å². The molecule has 1 rings (SSSR count). The average Bonchev–Trinajstić information content (AvgIpc) is 2.40. The Morgan fingerprint density at radius 1 is 1.40 bits per heavy atom. The molecule has 1 atom stereocenters. The molecule has 0 aromatic heterocycles. The molecule has 0 bridgehead atoms. The molecule has 1 unspecified atom stereocenters. The lowest BCUT2D eigenvalue weighted by Crippen LogP contribution is -2.37. The second kappa shape index (κ2) is 7.85. The third-order valence-corrected chi connectivity index (χ3v) is 2.87. The van der Waals surface area contributed by atoms with Gasteiger partial charge in [0.25, 0.3) is 5.91 Å². The van der Waals surface area contributed by atoms with Gasteiger partial charge in [-0.3, -0.25) is 4.79 Å². The van der Waals surface area contributed by atoms with Crippen molar-refractivity contribution < 1.29 is 19.0 Å². The minimum Gasteiger partial charge on any atom is -0.478 e. The smallest absolute Gasteiger partial charge is 0.260 e. The minimum atomic E-state index is -0.767. The monoisotopic (exact) mass is 283 g/mol. The van der Waals surface area contributed by atoms with Crippen molar-refractivity contribution in [1.29, 1.82) is 0 Å². The minimum absolute atomic E-state index is 0.00806. The molecule has 5 heteroatoms. The largest absolute Gasteiger partial charge is 0.478 e. The Bertz CT molecular complexity index is 449. The summed E-state index contributed by atoms with van der Waals surface area (Å²) in [5.74, 6) is -0.335. The third kappa shape index (κ3) is 5.17. The summed E-state index contributed by atoms with van der Waals surface area (Å²) < 4.78 is 18.9. The number of hydrogen-bond donors (Lipinski definition) is 2. The molecule has 4 nitrogen and oxygen atoms in total. The van der Waals surface area contributed by atoms with E-state index >= 15 is 0 Å². The van der Waals surface area contributed by atoms with Crippen molar-refractivity contribution in [3.8, 4) is 5.75 Å². The van der Waals surface area contributed by atoms with E-state index in [4.69, 9.17) is 9.84 Å². The number of hydrogen-bond acceptors (Lipinski definition) is 3. The number of halogens is 1. The standard InChI is InChI=1S/C15H22FNO3/c1-10(2)6-7-17-15(19)11(3)20-14-5-4-12(9-18)8-13(14)16/h4-5,8,10-11,18H,6-7,9H2,1-3H3,(H,17,19). The highest BCUT2D eigenvalue weighted by Crippen LogP contribution is 2.19. The van der Waals surface area contributed by atoms with Crippen LogP contribution in [0.5, 0.6) is 5.75 Å². The zero-order valence-electron chi connectivity index (χ0n) is 12.1. The van der Waals surface area contributed by atoms with Crippen LogP contribution in [0.2, 0.25) is 0 Å². The van der Waals surface area contributed by atoms with E-state index in [1.165, 1.54) is 12.1 Å². The summed E-state index contributed by atoms with van der Waals surface area (Å²) >= 11 is 0. The molecule has 0 fully saturated rings. The highest BCUT2D eigenvalue weighted by molar-refractivity contribution is 5.80. The molecule has 0 aliphatic carbocycles. The van der Waals surface area contributed by atoms with Gasteiger partial charge in [-0.15, -0.1) is 0 Å². The summed E-state index contributed by atoms with van der Waals surface area (Å²) in [4.78, 5) is 11.8. The van der Waals surface area contributed by atoms with Gasteiger partial charge in [0.15, 0.2) is 17.7 Å². The van der Waals surface area contributed by atoms with Gasteiger partial charge in [-0.25, -0.2) is 4.39 Å². The molecule has 0 aliphatic rings. The molecule has 1 amide bonds. The van der Waals surface area contributed by atoms with Crippen LogP contribution < -0.4 is 10.1 Å². The van der Waals surface area contributed by atoms with Crippen LogP contribution in [0, 0.1) is 11.7 Å². The summed E-state index contributed by atoms with van der Waals surface area (Å²) in [6.07, 6.45) is 0.120. The van der Waals surface area contributed by atoms with Crippen LogP contribution in [0.3, 0.4) is 0 Å². The Morgan fingerprint density at radius 3 is 2.65 bits per heavy atom. The van der Waals surface area contributed by atoms with Crippen LogP contribution in [0.1, 0.15) is 32.8 Å². The Hall–Kier alpha value is -1.62. The van der Waals surface area contributed by atoms with Crippen molar-refractivity contribution in [3.05, 3.63) is 29.6 Å². The van der Waals surface area contributed by atoms with Crippen molar-refractivity contribution >= 4 is 5.91 Å². The number of carbonyl (C=O) groups is 1. The molecule has 0 saturated heterocycles. The van der Waals surface area contributed by atoms with Crippen molar-refractivity contribution in [2.24, 2.45) is 5.92 Å². The molecule has 20 heavy (non-hydrogen) atoms. The fraction of sp³-hybridized carbons (Fsp3) is 0.533. The zero-order valence-corrected chi connectivity index (χ0v) is 12.1. The maximum absolute atomic E-state index is 13.7. The normalized spacial score (nSPS) is 12.3. The van der Waals surface area contributed by atoms with E-state index < -0.39 is 11.9 Å². The van der Waals surface area contributed by atoms with Crippen LogP contribution in [0.25, 0.3) is 0 Å². The molecular formula is C15H22FNO3. The van der Waals surface area contributed by atoms with E-state index in [0.29, 0.717) is 18.0 Å². The highest BCUT2D eigenvalue weighted by Gasteiger charge is 2.16. The number of benzene rings is 1. The first-order valence-electron chi connectivity index (χ1n) is 6.77. The van der Waals surface area contributed by atoms with Gasteiger partial charge in [0.2, 0.25) is 0 Å². The summed E-state index contributed by atoms with van der Waals surface area (Å²) in [7, 11) is 0. The number of aliphatic hydroxyl groups excluding tert-OH is 1. The van der Waals surface area contributed by atoms with Crippen LogP contribution >= 0.6 is 0 Å². The lowest BCUT2D eigenvalue weighted by Gasteiger charge is -2.16. The Labute approximate surface area is 119 Å². The van der Waals surface area contributed by atoms with Gasteiger partial charge < -0.3 is 15.2 Å². The molecule has 0 radical (unpaired) electrons. The topological polar surface area (TPSA) is 58.6 Å².